The fourth-order valence-corrected chi connectivity index (χ4v) is 5.25. The van der Waals surface area contributed by atoms with Crippen LogP contribution in [-0.2, 0) is 25.3 Å². The second kappa shape index (κ2) is 12.5. The van der Waals surface area contributed by atoms with Crippen LogP contribution in [0.15, 0.2) is 52.2 Å². The topological polar surface area (TPSA) is 135 Å². The van der Waals surface area contributed by atoms with Crippen LogP contribution in [0.1, 0.15) is 40.5 Å². The van der Waals surface area contributed by atoms with E-state index in [-0.39, 0.29) is 29.7 Å². The Bertz CT molecular complexity index is 1910. The van der Waals surface area contributed by atoms with E-state index in [2.05, 4.69) is 15.6 Å². The quantitative estimate of drug-likeness (QED) is 0.236. The molecule has 0 saturated carbocycles. The van der Waals surface area contributed by atoms with Gasteiger partial charge in [0.15, 0.2) is 0 Å². The van der Waals surface area contributed by atoms with Crippen molar-refractivity contribution in [3.63, 3.8) is 0 Å². The minimum absolute atomic E-state index is 0.00406. The number of alkyl halides is 3. The van der Waals surface area contributed by atoms with Crippen LogP contribution < -0.4 is 21.9 Å². The molecule has 1 amide bonds. The van der Waals surface area contributed by atoms with E-state index >= 15 is 4.39 Å². The average Bonchev–Trinajstić information content (AvgIpc) is 2.97. The lowest BCUT2D eigenvalue weighted by Gasteiger charge is -2.22. The number of benzene rings is 2. The molecule has 10 nitrogen and oxygen atoms in total. The Balaban J connectivity index is 1.68. The molecule has 4 aromatic rings. The van der Waals surface area contributed by atoms with Crippen molar-refractivity contribution in [1.82, 2.24) is 19.4 Å². The van der Waals surface area contributed by atoms with Gasteiger partial charge in [0, 0.05) is 49.0 Å². The summed E-state index contributed by atoms with van der Waals surface area (Å²) in [4.78, 5) is 55.3. The first-order valence-corrected chi connectivity index (χ1v) is 13.9. The Morgan fingerprint density at radius 2 is 1.76 bits per heavy atom. The molecular formula is C31H31F4N5O5. The van der Waals surface area contributed by atoms with Crippen molar-refractivity contribution >= 4 is 28.5 Å². The zero-order valence-electron chi connectivity index (χ0n) is 25.0. The van der Waals surface area contributed by atoms with Crippen LogP contribution in [0.4, 0.5) is 23.2 Å². The number of amides is 1. The zero-order chi connectivity index (χ0) is 33.4. The number of fused-ring (bicyclic) bond motifs is 1. The van der Waals surface area contributed by atoms with E-state index < -0.39 is 52.8 Å². The number of aromatic nitrogens is 3. The number of nitrogens with zero attached hydrogens (tertiary/aromatic N) is 3. The summed E-state index contributed by atoms with van der Waals surface area (Å²) in [5.41, 5.74) is 0.153. The normalized spacial score (nSPS) is 13.0. The summed E-state index contributed by atoms with van der Waals surface area (Å²) in [6.07, 6.45) is -3.64. The van der Waals surface area contributed by atoms with Gasteiger partial charge >= 0.3 is 17.8 Å². The summed E-state index contributed by atoms with van der Waals surface area (Å²) in [7, 11) is 2.89. The van der Waals surface area contributed by atoms with Crippen molar-refractivity contribution in [3.05, 3.63) is 91.6 Å². The lowest BCUT2D eigenvalue weighted by Crippen LogP contribution is -2.43. The van der Waals surface area contributed by atoms with Crippen LogP contribution in [0.3, 0.4) is 0 Å². The maximum Gasteiger partial charge on any atom is 0.408 e. The molecule has 2 aromatic carbocycles. The largest absolute Gasteiger partial charge is 0.480 e. The highest BCUT2D eigenvalue weighted by Crippen LogP contribution is 2.31. The molecule has 3 N–H and O–H groups in total. The summed E-state index contributed by atoms with van der Waals surface area (Å²) in [5.74, 6) is -3.60. The Hall–Kier alpha value is -5.01. The lowest BCUT2D eigenvalue weighted by atomic mass is 9.94. The van der Waals surface area contributed by atoms with Crippen LogP contribution in [0.25, 0.3) is 22.0 Å². The number of halogens is 4. The fraction of sp³-hybridized carbons (Fsp3) is 0.323. The first-order chi connectivity index (χ1) is 21.1. The van der Waals surface area contributed by atoms with Gasteiger partial charge in [-0.25, -0.2) is 14.0 Å². The highest BCUT2D eigenvalue weighted by molar-refractivity contribution is 5.99. The van der Waals surface area contributed by atoms with E-state index in [0.717, 1.165) is 10.6 Å². The molecule has 0 bridgehead atoms. The van der Waals surface area contributed by atoms with Gasteiger partial charge in [0.2, 0.25) is 0 Å². The van der Waals surface area contributed by atoms with E-state index in [4.69, 9.17) is 0 Å². The highest BCUT2D eigenvalue weighted by Gasteiger charge is 2.38. The summed E-state index contributed by atoms with van der Waals surface area (Å²) < 4.78 is 57.0. The Labute approximate surface area is 254 Å². The predicted octanol–water partition coefficient (Wildman–Crippen LogP) is 4.23. The molecule has 2 aromatic heterocycles. The third-order valence-electron chi connectivity index (χ3n) is 7.77. The third-order valence-corrected chi connectivity index (χ3v) is 7.77. The van der Waals surface area contributed by atoms with Gasteiger partial charge in [-0.2, -0.15) is 13.2 Å². The molecule has 0 unspecified atom stereocenters. The van der Waals surface area contributed by atoms with Crippen LogP contribution in [0.2, 0.25) is 0 Å². The van der Waals surface area contributed by atoms with Gasteiger partial charge in [-0.1, -0.05) is 25.1 Å². The third kappa shape index (κ3) is 6.44. The van der Waals surface area contributed by atoms with E-state index in [0.29, 0.717) is 27.7 Å². The van der Waals surface area contributed by atoms with Gasteiger partial charge in [0.25, 0.3) is 11.5 Å². The number of hydrogen-bond donors (Lipinski definition) is 3. The van der Waals surface area contributed by atoms with E-state index in [9.17, 15) is 37.5 Å². The van der Waals surface area contributed by atoms with Gasteiger partial charge < -0.3 is 20.3 Å². The number of carboxylic acids is 1. The maximum absolute atomic E-state index is 15.1. The summed E-state index contributed by atoms with van der Waals surface area (Å²) in [6, 6.07) is 4.94. The van der Waals surface area contributed by atoms with Crippen LogP contribution in [0, 0.1) is 19.7 Å². The van der Waals surface area contributed by atoms with Gasteiger partial charge in [0.1, 0.15) is 17.9 Å². The van der Waals surface area contributed by atoms with Crippen LogP contribution >= 0.6 is 0 Å². The van der Waals surface area contributed by atoms with E-state index in [1.165, 1.54) is 44.8 Å². The number of pyridine rings is 1. The van der Waals surface area contributed by atoms with Gasteiger partial charge in [-0.15, -0.1) is 0 Å². The number of hydrogen-bond acceptors (Lipinski definition) is 6. The number of nitrogens with one attached hydrogen (secondary N) is 2. The minimum atomic E-state index is -4.57. The molecule has 238 valence electrons. The fourth-order valence-electron chi connectivity index (χ4n) is 5.25. The average molecular weight is 630 g/mol. The number of carboxylic acid groups (broad SMARTS) is 1. The van der Waals surface area contributed by atoms with Crippen LogP contribution in [0.5, 0.6) is 0 Å². The predicted molar refractivity (Wildman–Crippen MR) is 160 cm³/mol. The molecule has 0 radical (unpaired) electrons. The number of aliphatic carboxylic acids is 1. The number of aryl methyl sites for hydroxylation is 1. The molecule has 0 aliphatic rings. The molecule has 2 atom stereocenters. The van der Waals surface area contributed by atoms with Crippen molar-refractivity contribution in [2.75, 3.05) is 5.32 Å². The minimum Gasteiger partial charge on any atom is -0.480 e. The monoisotopic (exact) mass is 629 g/mol. The molecule has 0 fully saturated rings. The lowest BCUT2D eigenvalue weighted by molar-refractivity contribution is -0.143. The van der Waals surface area contributed by atoms with Crippen molar-refractivity contribution in [3.8, 4) is 11.1 Å². The van der Waals surface area contributed by atoms with E-state index in [1.54, 1.807) is 31.2 Å². The molecule has 45 heavy (non-hydrogen) atoms. The van der Waals surface area contributed by atoms with E-state index in [1.807, 2.05) is 0 Å². The van der Waals surface area contributed by atoms with Gasteiger partial charge in [-0.3, -0.25) is 19.1 Å². The van der Waals surface area contributed by atoms with Gasteiger partial charge in [-0.05, 0) is 49.6 Å². The van der Waals surface area contributed by atoms with Crippen LogP contribution in [-0.4, -0.2) is 49.4 Å². The first-order valence-electron chi connectivity index (χ1n) is 13.9. The molecule has 0 saturated heterocycles. The second-order valence-corrected chi connectivity index (χ2v) is 10.7. The molecule has 2 heterocycles. The first kappa shape index (κ1) is 32.9. The summed E-state index contributed by atoms with van der Waals surface area (Å²) in [6.45, 7) is 4.28. The van der Waals surface area contributed by atoms with Crippen molar-refractivity contribution in [2.24, 2.45) is 14.1 Å². The van der Waals surface area contributed by atoms with Crippen molar-refractivity contribution in [1.29, 1.82) is 0 Å². The number of rotatable bonds is 9. The second-order valence-electron chi connectivity index (χ2n) is 10.7. The molecule has 0 aliphatic carbocycles. The smallest absolute Gasteiger partial charge is 0.408 e. The maximum atomic E-state index is 15.1. The zero-order valence-corrected chi connectivity index (χ0v) is 25.0. The molecule has 14 heteroatoms. The SMILES string of the molecule is CC[C@@H](Nc1cc(C)c(C(=O)N[C@@H](Cc2ccc(-c3c(C)n(C)c(=O)n(C)c3=O)c3ncccc23)C(=O)O)c(F)c1)C(F)(F)F. The summed E-state index contributed by atoms with van der Waals surface area (Å²) >= 11 is 0. The number of carbonyl (C=O) groups excluding carboxylic acids is 1. The Morgan fingerprint density at radius 1 is 1.07 bits per heavy atom. The Morgan fingerprint density at radius 3 is 2.36 bits per heavy atom. The molecular weight excluding hydrogens is 598 g/mol. The standard InChI is InChI=1S/C31H31F4N5O5/c1-6-23(31(33,34)35)37-18-12-15(2)24(21(32)14-18)27(41)38-22(29(43)44)13-17-9-10-20(26-19(17)8-7-11-36-26)25-16(3)39(4)30(45)40(5)28(25)42/h7-12,14,22-23,37H,6,13H2,1-5H3,(H,38,41)(H,43,44)/t22-,23+/m0/s1. The molecule has 0 aliphatic heterocycles. The van der Waals surface area contributed by atoms with Crippen molar-refractivity contribution < 1.29 is 32.3 Å². The Kier molecular flexibility index (Phi) is 9.17. The highest BCUT2D eigenvalue weighted by atomic mass is 19.4. The van der Waals surface area contributed by atoms with Crippen molar-refractivity contribution in [2.45, 2.75) is 51.9 Å². The molecule has 0 spiro atoms. The summed E-state index contributed by atoms with van der Waals surface area (Å²) in [5, 5.41) is 15.0. The number of anilines is 1. The van der Waals surface area contributed by atoms with Gasteiger partial charge in [0.05, 0.1) is 16.6 Å². The number of carbonyl (C=O) groups is 2. The molecule has 4 rings (SSSR count).